The summed E-state index contributed by atoms with van der Waals surface area (Å²) in [5.74, 6) is -3.58. The standard InChI is InChI=1S/C24H26F3NO5/c1-5-32-20(29)7-6-8-33-22-18(26)10-14(11-19(22)27)17-12-16(25)9-15-13-24(2,3)28(21(15)17)23(30)31-4/h9-12H,5-8,13H2,1-4H3. The molecule has 2 aromatic rings. The molecular formula is C24H26F3NO5. The zero-order valence-corrected chi connectivity index (χ0v) is 19.0. The van der Waals surface area contributed by atoms with Gasteiger partial charge in [-0.3, -0.25) is 9.69 Å². The van der Waals surface area contributed by atoms with Gasteiger partial charge in [0.1, 0.15) is 5.82 Å². The second-order valence-electron chi connectivity index (χ2n) is 8.28. The Labute approximate surface area is 190 Å². The predicted octanol–water partition coefficient (Wildman–Crippen LogP) is 5.40. The molecule has 0 aromatic heterocycles. The minimum Gasteiger partial charge on any atom is -0.488 e. The van der Waals surface area contributed by atoms with Gasteiger partial charge in [-0.25, -0.2) is 18.0 Å². The maximum absolute atomic E-state index is 14.8. The number of halogens is 3. The number of fused-ring (bicyclic) bond motifs is 1. The van der Waals surface area contributed by atoms with Gasteiger partial charge in [-0.2, -0.15) is 0 Å². The summed E-state index contributed by atoms with van der Waals surface area (Å²) < 4.78 is 58.8. The van der Waals surface area contributed by atoms with E-state index in [2.05, 4.69) is 0 Å². The topological polar surface area (TPSA) is 65.1 Å². The smallest absolute Gasteiger partial charge is 0.414 e. The molecule has 0 aliphatic carbocycles. The van der Waals surface area contributed by atoms with Crippen molar-refractivity contribution in [1.29, 1.82) is 0 Å². The molecule has 3 rings (SSSR count). The van der Waals surface area contributed by atoms with Crippen molar-refractivity contribution in [2.75, 3.05) is 25.2 Å². The molecule has 0 unspecified atom stereocenters. The fraction of sp³-hybridized carbons (Fsp3) is 0.417. The Balaban J connectivity index is 1.93. The number of carbonyl (C=O) groups is 2. The van der Waals surface area contributed by atoms with Crippen molar-refractivity contribution in [3.8, 4) is 16.9 Å². The van der Waals surface area contributed by atoms with Gasteiger partial charge < -0.3 is 14.2 Å². The number of nitrogens with zero attached hydrogens (tertiary/aromatic N) is 1. The van der Waals surface area contributed by atoms with Crippen LogP contribution in [0.5, 0.6) is 5.75 Å². The Hall–Kier alpha value is -3.23. The molecule has 0 bridgehead atoms. The molecular weight excluding hydrogens is 439 g/mol. The molecule has 0 saturated carbocycles. The van der Waals surface area contributed by atoms with E-state index in [9.17, 15) is 22.8 Å². The highest BCUT2D eigenvalue weighted by Gasteiger charge is 2.42. The number of esters is 1. The third kappa shape index (κ3) is 5.07. The number of ether oxygens (including phenoxy) is 3. The van der Waals surface area contributed by atoms with Crippen molar-refractivity contribution in [1.82, 2.24) is 0 Å². The van der Waals surface area contributed by atoms with Crippen LogP contribution in [0.3, 0.4) is 0 Å². The molecule has 0 saturated heterocycles. The SMILES string of the molecule is CCOC(=O)CCCOc1c(F)cc(-c2cc(F)cc3c2N(C(=O)OC)C(C)(C)C3)cc1F. The molecule has 2 aromatic carbocycles. The zero-order valence-electron chi connectivity index (χ0n) is 19.0. The van der Waals surface area contributed by atoms with Gasteiger partial charge in [0.15, 0.2) is 17.4 Å². The van der Waals surface area contributed by atoms with Gasteiger partial charge in [0.05, 0.1) is 26.0 Å². The highest BCUT2D eigenvalue weighted by Crippen LogP contribution is 2.46. The minimum atomic E-state index is -0.985. The van der Waals surface area contributed by atoms with Crippen molar-refractivity contribution in [2.24, 2.45) is 0 Å². The average Bonchev–Trinajstić information content (AvgIpc) is 3.00. The van der Waals surface area contributed by atoms with E-state index in [1.807, 2.05) is 0 Å². The molecule has 0 fully saturated rings. The summed E-state index contributed by atoms with van der Waals surface area (Å²) in [4.78, 5) is 25.2. The summed E-state index contributed by atoms with van der Waals surface area (Å²) in [6.07, 6.45) is -0.0346. The summed E-state index contributed by atoms with van der Waals surface area (Å²) in [5, 5.41) is 0. The second-order valence-corrected chi connectivity index (χ2v) is 8.28. The fourth-order valence-electron chi connectivity index (χ4n) is 4.03. The van der Waals surface area contributed by atoms with Crippen LogP contribution in [0.1, 0.15) is 39.2 Å². The molecule has 33 heavy (non-hydrogen) atoms. The lowest BCUT2D eigenvalue weighted by Crippen LogP contribution is -2.45. The first kappa shape index (κ1) is 24.4. The lowest BCUT2D eigenvalue weighted by atomic mass is 9.97. The third-order valence-corrected chi connectivity index (χ3v) is 5.35. The van der Waals surface area contributed by atoms with Crippen LogP contribution in [-0.2, 0) is 20.7 Å². The fourth-order valence-corrected chi connectivity index (χ4v) is 4.03. The number of carbonyl (C=O) groups excluding carboxylic acids is 2. The molecule has 6 nitrogen and oxygen atoms in total. The Morgan fingerprint density at radius 2 is 1.76 bits per heavy atom. The number of methoxy groups -OCH3 is 1. The summed E-state index contributed by atoms with van der Waals surface area (Å²) in [6.45, 7) is 5.42. The molecule has 9 heteroatoms. The van der Waals surface area contributed by atoms with Gasteiger partial charge in [-0.05, 0) is 69.0 Å². The first-order valence-electron chi connectivity index (χ1n) is 10.6. The van der Waals surface area contributed by atoms with E-state index >= 15 is 0 Å². The van der Waals surface area contributed by atoms with E-state index in [-0.39, 0.29) is 37.2 Å². The largest absolute Gasteiger partial charge is 0.488 e. The van der Waals surface area contributed by atoms with Gasteiger partial charge in [0, 0.05) is 17.5 Å². The van der Waals surface area contributed by atoms with Gasteiger partial charge in [-0.1, -0.05) is 0 Å². The minimum absolute atomic E-state index is 0.0474. The number of rotatable bonds is 7. The molecule has 0 atom stereocenters. The monoisotopic (exact) mass is 465 g/mol. The maximum Gasteiger partial charge on any atom is 0.414 e. The van der Waals surface area contributed by atoms with Gasteiger partial charge in [-0.15, -0.1) is 0 Å². The molecule has 1 aliphatic rings. The predicted molar refractivity (Wildman–Crippen MR) is 116 cm³/mol. The Morgan fingerprint density at radius 3 is 2.36 bits per heavy atom. The number of benzene rings is 2. The van der Waals surface area contributed by atoms with Crippen LogP contribution in [0.15, 0.2) is 24.3 Å². The highest BCUT2D eigenvalue weighted by atomic mass is 19.1. The molecule has 1 aliphatic heterocycles. The van der Waals surface area contributed by atoms with Crippen LogP contribution in [-0.4, -0.2) is 37.9 Å². The van der Waals surface area contributed by atoms with Crippen molar-refractivity contribution >= 4 is 17.7 Å². The second kappa shape index (κ2) is 9.72. The van der Waals surface area contributed by atoms with Gasteiger partial charge in [0.25, 0.3) is 0 Å². The Bertz CT molecular complexity index is 1050. The maximum atomic E-state index is 14.8. The summed E-state index contributed by atoms with van der Waals surface area (Å²) >= 11 is 0. The number of anilines is 1. The van der Waals surface area contributed by atoms with Gasteiger partial charge >= 0.3 is 12.1 Å². The van der Waals surface area contributed by atoms with Crippen LogP contribution < -0.4 is 9.64 Å². The molecule has 0 N–H and O–H groups in total. The lowest BCUT2D eigenvalue weighted by Gasteiger charge is -2.31. The number of hydrogen-bond acceptors (Lipinski definition) is 5. The number of amides is 1. The van der Waals surface area contributed by atoms with E-state index in [4.69, 9.17) is 14.2 Å². The van der Waals surface area contributed by atoms with Crippen LogP contribution >= 0.6 is 0 Å². The zero-order chi connectivity index (χ0) is 24.3. The quantitative estimate of drug-likeness (QED) is 0.405. The van der Waals surface area contributed by atoms with Gasteiger partial charge in [0.2, 0.25) is 0 Å². The normalized spacial score (nSPS) is 14.1. The first-order valence-corrected chi connectivity index (χ1v) is 10.6. The molecule has 1 heterocycles. The highest BCUT2D eigenvalue weighted by molar-refractivity contribution is 5.98. The average molecular weight is 465 g/mol. The van der Waals surface area contributed by atoms with Crippen molar-refractivity contribution in [2.45, 2.75) is 45.6 Å². The summed E-state index contributed by atoms with van der Waals surface area (Å²) in [6, 6.07) is 4.49. The first-order chi connectivity index (χ1) is 15.6. The van der Waals surface area contributed by atoms with Crippen molar-refractivity contribution < 1.29 is 37.0 Å². The molecule has 1 amide bonds. The van der Waals surface area contributed by atoms with Crippen molar-refractivity contribution in [3.63, 3.8) is 0 Å². The third-order valence-electron chi connectivity index (χ3n) is 5.35. The van der Waals surface area contributed by atoms with Crippen LogP contribution in [0, 0.1) is 17.5 Å². The number of hydrogen-bond donors (Lipinski definition) is 0. The van der Waals surface area contributed by atoms with E-state index < -0.39 is 40.8 Å². The summed E-state index contributed by atoms with van der Waals surface area (Å²) in [7, 11) is 1.23. The van der Waals surface area contributed by atoms with E-state index in [1.165, 1.54) is 18.1 Å². The Kier molecular flexibility index (Phi) is 7.19. The van der Waals surface area contributed by atoms with Crippen LogP contribution in [0.25, 0.3) is 11.1 Å². The van der Waals surface area contributed by atoms with E-state index in [1.54, 1.807) is 20.8 Å². The molecule has 178 valence electrons. The Morgan fingerprint density at radius 1 is 1.09 bits per heavy atom. The molecule has 0 spiro atoms. The lowest BCUT2D eigenvalue weighted by molar-refractivity contribution is -0.143. The van der Waals surface area contributed by atoms with E-state index in [0.29, 0.717) is 17.7 Å². The van der Waals surface area contributed by atoms with E-state index in [0.717, 1.165) is 18.2 Å². The summed E-state index contributed by atoms with van der Waals surface area (Å²) in [5.41, 5.74) is 0.353. The van der Waals surface area contributed by atoms with Crippen LogP contribution in [0.4, 0.5) is 23.7 Å². The molecule has 0 radical (unpaired) electrons. The van der Waals surface area contributed by atoms with Crippen molar-refractivity contribution in [3.05, 3.63) is 47.3 Å². The van der Waals surface area contributed by atoms with Crippen LogP contribution in [0.2, 0.25) is 0 Å².